The zero-order valence-electron chi connectivity index (χ0n) is 13.2. The van der Waals surface area contributed by atoms with Gasteiger partial charge in [-0.25, -0.2) is 0 Å². The lowest BCUT2D eigenvalue weighted by Crippen LogP contribution is -2.53. The summed E-state index contributed by atoms with van der Waals surface area (Å²) in [6.07, 6.45) is 3.38. The average molecular weight is 270 g/mol. The fourth-order valence-corrected chi connectivity index (χ4v) is 2.92. The van der Waals surface area contributed by atoms with Gasteiger partial charge in [-0.1, -0.05) is 6.92 Å². The molecule has 0 aromatic heterocycles. The number of likely N-dealkylation sites (tertiary alicyclic amines) is 1. The number of carbonyl (C=O) groups excluding carboxylic acids is 1. The molecule has 0 aromatic rings. The highest BCUT2D eigenvalue weighted by molar-refractivity contribution is 5.80. The summed E-state index contributed by atoms with van der Waals surface area (Å²) in [5.41, 5.74) is -0.587. The second-order valence-electron chi connectivity index (χ2n) is 6.10. The first-order chi connectivity index (χ1) is 8.92. The summed E-state index contributed by atoms with van der Waals surface area (Å²) in [6.45, 7) is 11.0. The molecule has 1 N–H and O–H groups in total. The molecule has 1 rings (SSSR count). The lowest BCUT2D eigenvalue weighted by Gasteiger charge is -2.39. The molecule has 0 aromatic carbocycles. The van der Waals surface area contributed by atoms with Gasteiger partial charge in [-0.15, -0.1) is 0 Å². The van der Waals surface area contributed by atoms with Crippen LogP contribution in [0.2, 0.25) is 0 Å². The minimum Gasteiger partial charge on any atom is -0.465 e. The van der Waals surface area contributed by atoms with E-state index in [-0.39, 0.29) is 5.97 Å². The first-order valence-corrected chi connectivity index (χ1v) is 7.53. The maximum atomic E-state index is 12.1. The molecule has 112 valence electrons. The van der Waals surface area contributed by atoms with Gasteiger partial charge in [-0.3, -0.25) is 4.79 Å². The maximum absolute atomic E-state index is 12.1. The first-order valence-electron chi connectivity index (χ1n) is 7.53. The van der Waals surface area contributed by atoms with Gasteiger partial charge in [0.15, 0.2) is 0 Å². The molecule has 19 heavy (non-hydrogen) atoms. The molecule has 4 heteroatoms. The van der Waals surface area contributed by atoms with Gasteiger partial charge in [0.05, 0.1) is 6.61 Å². The molecule has 1 heterocycles. The van der Waals surface area contributed by atoms with Crippen LogP contribution in [0.15, 0.2) is 0 Å². The predicted molar refractivity (Wildman–Crippen MR) is 78.1 cm³/mol. The van der Waals surface area contributed by atoms with Crippen molar-refractivity contribution in [1.82, 2.24) is 10.2 Å². The van der Waals surface area contributed by atoms with Gasteiger partial charge in [0.2, 0.25) is 0 Å². The van der Waals surface area contributed by atoms with Crippen molar-refractivity contribution in [2.45, 2.75) is 58.5 Å². The molecule has 0 saturated carbocycles. The fourth-order valence-electron chi connectivity index (χ4n) is 2.92. The number of nitrogens with zero attached hydrogens (tertiary/aromatic N) is 1. The molecule has 3 unspecified atom stereocenters. The van der Waals surface area contributed by atoms with Gasteiger partial charge in [0.1, 0.15) is 5.54 Å². The molecule has 0 bridgehead atoms. The van der Waals surface area contributed by atoms with Gasteiger partial charge in [0, 0.05) is 12.6 Å². The molecule has 1 aliphatic heterocycles. The summed E-state index contributed by atoms with van der Waals surface area (Å²) < 4.78 is 5.19. The van der Waals surface area contributed by atoms with Crippen LogP contribution in [0.25, 0.3) is 0 Å². The minimum atomic E-state index is -0.587. The molecule has 0 spiro atoms. The summed E-state index contributed by atoms with van der Waals surface area (Å²) >= 11 is 0. The van der Waals surface area contributed by atoms with Gasteiger partial charge in [-0.05, 0) is 59.5 Å². The zero-order valence-corrected chi connectivity index (χ0v) is 13.2. The lowest BCUT2D eigenvalue weighted by molar-refractivity contribution is -0.151. The molecule has 1 fully saturated rings. The van der Waals surface area contributed by atoms with Crippen LogP contribution in [0.5, 0.6) is 0 Å². The van der Waals surface area contributed by atoms with E-state index in [1.54, 1.807) is 0 Å². The molecular weight excluding hydrogens is 240 g/mol. The van der Waals surface area contributed by atoms with Crippen molar-refractivity contribution in [1.29, 1.82) is 0 Å². The number of piperidine rings is 1. The Labute approximate surface area is 117 Å². The standard InChI is InChI=1S/C15H30N2O2/c1-6-19-14(18)15(4,16-5)10-13(3)17-9-7-8-12(2)11-17/h12-13,16H,6-11H2,1-5H3. The van der Waals surface area contributed by atoms with E-state index in [0.717, 1.165) is 25.4 Å². The van der Waals surface area contributed by atoms with Crippen molar-refractivity contribution in [3.8, 4) is 0 Å². The van der Waals surface area contributed by atoms with Crippen LogP contribution < -0.4 is 5.32 Å². The third-order valence-electron chi connectivity index (χ3n) is 4.29. The largest absolute Gasteiger partial charge is 0.465 e. The van der Waals surface area contributed by atoms with Gasteiger partial charge in [0.25, 0.3) is 0 Å². The Morgan fingerprint density at radius 3 is 2.79 bits per heavy atom. The smallest absolute Gasteiger partial charge is 0.326 e. The number of likely N-dealkylation sites (N-methyl/N-ethyl adjacent to an activating group) is 1. The van der Waals surface area contributed by atoms with Crippen LogP contribution in [0, 0.1) is 5.92 Å². The third-order valence-corrected chi connectivity index (χ3v) is 4.29. The number of hydrogen-bond donors (Lipinski definition) is 1. The van der Waals surface area contributed by atoms with E-state index in [2.05, 4.69) is 24.1 Å². The highest BCUT2D eigenvalue weighted by Gasteiger charge is 2.36. The quantitative estimate of drug-likeness (QED) is 0.750. The van der Waals surface area contributed by atoms with E-state index < -0.39 is 5.54 Å². The molecule has 1 saturated heterocycles. The Bertz CT molecular complexity index is 296. The normalized spacial score (nSPS) is 25.6. The second-order valence-corrected chi connectivity index (χ2v) is 6.10. The highest BCUT2D eigenvalue weighted by Crippen LogP contribution is 2.23. The first kappa shape index (κ1) is 16.4. The van der Waals surface area contributed by atoms with Crippen molar-refractivity contribution in [2.24, 2.45) is 5.92 Å². The number of rotatable bonds is 6. The molecular formula is C15H30N2O2. The van der Waals surface area contributed by atoms with E-state index >= 15 is 0 Å². The highest BCUT2D eigenvalue weighted by atomic mass is 16.5. The van der Waals surface area contributed by atoms with Crippen molar-refractivity contribution in [3.05, 3.63) is 0 Å². The fraction of sp³-hybridized carbons (Fsp3) is 0.933. The Morgan fingerprint density at radius 2 is 2.26 bits per heavy atom. The van der Waals surface area contributed by atoms with Crippen molar-refractivity contribution in [2.75, 3.05) is 26.7 Å². The monoisotopic (exact) mass is 270 g/mol. The summed E-state index contributed by atoms with van der Waals surface area (Å²) in [6, 6.07) is 0.393. The van der Waals surface area contributed by atoms with E-state index in [0.29, 0.717) is 12.6 Å². The number of carbonyl (C=O) groups is 1. The second kappa shape index (κ2) is 7.25. The number of ether oxygens (including phenoxy) is 1. The minimum absolute atomic E-state index is 0.144. The van der Waals surface area contributed by atoms with E-state index in [1.165, 1.54) is 12.8 Å². The van der Waals surface area contributed by atoms with Crippen molar-refractivity contribution < 1.29 is 9.53 Å². The lowest BCUT2D eigenvalue weighted by atomic mass is 9.91. The topological polar surface area (TPSA) is 41.6 Å². The molecule has 3 atom stereocenters. The SMILES string of the molecule is CCOC(=O)C(C)(CC(C)N1CCCC(C)C1)NC. The van der Waals surface area contributed by atoms with Crippen molar-refractivity contribution >= 4 is 5.97 Å². The number of nitrogens with one attached hydrogen (secondary N) is 1. The van der Waals surface area contributed by atoms with Crippen LogP contribution >= 0.6 is 0 Å². The van der Waals surface area contributed by atoms with Crippen LogP contribution in [0.4, 0.5) is 0 Å². The van der Waals surface area contributed by atoms with Gasteiger partial charge >= 0.3 is 5.97 Å². The summed E-state index contributed by atoms with van der Waals surface area (Å²) in [4.78, 5) is 14.6. The maximum Gasteiger partial charge on any atom is 0.326 e. The summed E-state index contributed by atoms with van der Waals surface area (Å²) in [5.74, 6) is 0.619. The molecule has 4 nitrogen and oxygen atoms in total. The molecule has 1 aliphatic rings. The van der Waals surface area contributed by atoms with Gasteiger partial charge < -0.3 is 15.0 Å². The molecule has 0 radical (unpaired) electrons. The van der Waals surface area contributed by atoms with Crippen molar-refractivity contribution in [3.63, 3.8) is 0 Å². The zero-order chi connectivity index (χ0) is 14.5. The Kier molecular flexibility index (Phi) is 6.27. The Morgan fingerprint density at radius 1 is 1.58 bits per heavy atom. The number of esters is 1. The Hall–Kier alpha value is -0.610. The van der Waals surface area contributed by atoms with E-state index in [9.17, 15) is 4.79 Å². The predicted octanol–water partition coefficient (Wildman–Crippen LogP) is 2.04. The van der Waals surface area contributed by atoms with Crippen LogP contribution in [0.3, 0.4) is 0 Å². The van der Waals surface area contributed by atoms with Crippen LogP contribution in [-0.2, 0) is 9.53 Å². The molecule has 0 amide bonds. The summed E-state index contributed by atoms with van der Waals surface area (Å²) in [5, 5.41) is 3.14. The van der Waals surface area contributed by atoms with Gasteiger partial charge in [-0.2, -0.15) is 0 Å². The average Bonchev–Trinajstić information content (AvgIpc) is 2.38. The van der Waals surface area contributed by atoms with E-state index in [1.807, 2.05) is 20.9 Å². The number of hydrogen-bond acceptors (Lipinski definition) is 4. The Balaban J connectivity index is 2.61. The third kappa shape index (κ3) is 4.46. The molecule has 0 aliphatic carbocycles. The van der Waals surface area contributed by atoms with Crippen LogP contribution in [0.1, 0.15) is 47.0 Å². The van der Waals surface area contributed by atoms with E-state index in [4.69, 9.17) is 4.74 Å². The summed E-state index contributed by atoms with van der Waals surface area (Å²) in [7, 11) is 1.84. The van der Waals surface area contributed by atoms with Crippen LogP contribution in [-0.4, -0.2) is 49.2 Å².